The molecule has 0 radical (unpaired) electrons. The van der Waals surface area contributed by atoms with Crippen LogP contribution in [0.4, 0.5) is 5.82 Å². The van der Waals surface area contributed by atoms with Crippen LogP contribution in [0.2, 0.25) is 0 Å². The zero-order chi connectivity index (χ0) is 18.5. The van der Waals surface area contributed by atoms with E-state index in [1.165, 1.54) is 40.6 Å². The monoisotopic (exact) mass is 393 g/mol. The summed E-state index contributed by atoms with van der Waals surface area (Å²) in [5.41, 5.74) is 6.97. The number of aromatic nitrogens is 2. The van der Waals surface area contributed by atoms with Gasteiger partial charge >= 0.3 is 0 Å². The van der Waals surface area contributed by atoms with Crippen LogP contribution in [0, 0.1) is 19.8 Å². The summed E-state index contributed by atoms with van der Waals surface area (Å²) >= 11 is 0. The largest absolute Gasteiger partial charge is 0.350 e. The molecular formula is C24H28ClN3. The van der Waals surface area contributed by atoms with E-state index in [4.69, 9.17) is 4.98 Å². The molecule has 1 aliphatic heterocycles. The van der Waals surface area contributed by atoms with Crippen LogP contribution in [0.1, 0.15) is 41.1 Å². The number of hydrogen-bond donors (Lipinski definition) is 0. The lowest BCUT2D eigenvalue weighted by Gasteiger charge is -2.36. The minimum Gasteiger partial charge on any atom is -0.350 e. The molecule has 3 heterocycles. The second kappa shape index (κ2) is 7.29. The van der Waals surface area contributed by atoms with Crippen LogP contribution in [-0.2, 0) is 13.1 Å². The van der Waals surface area contributed by atoms with E-state index in [1.54, 1.807) is 5.56 Å². The molecule has 28 heavy (non-hydrogen) atoms. The maximum atomic E-state index is 4.89. The fourth-order valence-corrected chi connectivity index (χ4v) is 4.87. The highest BCUT2D eigenvalue weighted by Gasteiger charge is 2.38. The predicted molar refractivity (Wildman–Crippen MR) is 120 cm³/mol. The van der Waals surface area contributed by atoms with Crippen molar-refractivity contribution < 1.29 is 0 Å². The number of rotatable bonds is 4. The van der Waals surface area contributed by atoms with Gasteiger partial charge in [0.2, 0.25) is 0 Å². The minimum absolute atomic E-state index is 0. The summed E-state index contributed by atoms with van der Waals surface area (Å²) in [6, 6.07) is 11.2. The Morgan fingerprint density at radius 1 is 1.18 bits per heavy atom. The molecule has 1 aromatic carbocycles. The van der Waals surface area contributed by atoms with Crippen molar-refractivity contribution in [3.05, 3.63) is 71.6 Å². The highest BCUT2D eigenvalue weighted by Crippen LogP contribution is 2.47. The van der Waals surface area contributed by atoms with Gasteiger partial charge in [-0.25, -0.2) is 4.98 Å². The molecule has 4 heteroatoms. The Morgan fingerprint density at radius 2 is 1.96 bits per heavy atom. The number of fused-ring (bicyclic) bond motifs is 2. The molecule has 1 unspecified atom stereocenters. The lowest BCUT2D eigenvalue weighted by molar-refractivity contribution is 0.543. The second-order valence-corrected chi connectivity index (χ2v) is 8.16. The maximum absolute atomic E-state index is 4.89. The van der Waals surface area contributed by atoms with Crippen molar-refractivity contribution in [1.82, 2.24) is 9.55 Å². The second-order valence-electron chi connectivity index (χ2n) is 8.16. The summed E-state index contributed by atoms with van der Waals surface area (Å²) in [6.07, 6.45) is 6.71. The fraction of sp³-hybridized carbons (Fsp3) is 0.375. The number of pyridine rings is 1. The van der Waals surface area contributed by atoms with Gasteiger partial charge in [0.05, 0.1) is 5.52 Å². The number of halogens is 1. The Bertz CT molecular complexity index is 1030. The van der Waals surface area contributed by atoms with Crippen LogP contribution in [0.5, 0.6) is 0 Å². The third-order valence-corrected chi connectivity index (χ3v) is 6.56. The van der Waals surface area contributed by atoms with Gasteiger partial charge in [-0.05, 0) is 55.4 Å². The molecule has 0 N–H and O–H groups in total. The zero-order valence-corrected chi connectivity index (χ0v) is 17.5. The van der Waals surface area contributed by atoms with Crippen molar-refractivity contribution in [2.45, 2.75) is 45.7 Å². The van der Waals surface area contributed by atoms with Crippen molar-refractivity contribution in [3.63, 3.8) is 0 Å². The first kappa shape index (κ1) is 19.1. The molecule has 146 valence electrons. The van der Waals surface area contributed by atoms with Gasteiger partial charge in [0.1, 0.15) is 0 Å². The Morgan fingerprint density at radius 3 is 2.71 bits per heavy atom. The topological polar surface area (TPSA) is 21.1 Å². The van der Waals surface area contributed by atoms with Gasteiger partial charge in [-0.15, -0.1) is 19.0 Å². The summed E-state index contributed by atoms with van der Waals surface area (Å²) in [4.78, 5) is 7.41. The van der Waals surface area contributed by atoms with Gasteiger partial charge in [-0.2, -0.15) is 0 Å². The van der Waals surface area contributed by atoms with Crippen LogP contribution >= 0.6 is 12.4 Å². The number of aryl methyl sites for hydroxylation is 1. The van der Waals surface area contributed by atoms with Gasteiger partial charge in [0.15, 0.2) is 5.82 Å². The first-order chi connectivity index (χ1) is 13.2. The lowest BCUT2D eigenvalue weighted by Crippen LogP contribution is -2.35. The number of allylic oxidation sites excluding steroid dienone is 1. The Hall–Kier alpha value is -2.26. The zero-order valence-electron chi connectivity index (χ0n) is 16.7. The van der Waals surface area contributed by atoms with Crippen LogP contribution in [0.3, 0.4) is 0 Å². The Kier molecular flexibility index (Phi) is 4.96. The van der Waals surface area contributed by atoms with Gasteiger partial charge in [0.25, 0.3) is 0 Å². The summed E-state index contributed by atoms with van der Waals surface area (Å²) < 4.78 is 2.38. The highest BCUT2D eigenvalue weighted by molar-refractivity contribution is 5.93. The first-order valence-corrected chi connectivity index (χ1v) is 10.1. The molecule has 1 saturated carbocycles. The van der Waals surface area contributed by atoms with Crippen molar-refractivity contribution in [1.29, 1.82) is 0 Å². The Balaban J connectivity index is 0.00000192. The predicted octanol–water partition coefficient (Wildman–Crippen LogP) is 5.77. The molecule has 1 fully saturated rings. The number of anilines is 1. The third kappa shape index (κ3) is 2.93. The number of benzene rings is 1. The molecule has 0 bridgehead atoms. The van der Waals surface area contributed by atoms with Gasteiger partial charge in [-0.3, -0.25) is 0 Å². The molecule has 3 aromatic rings. The minimum atomic E-state index is 0. The van der Waals surface area contributed by atoms with E-state index in [9.17, 15) is 0 Å². The van der Waals surface area contributed by atoms with Crippen LogP contribution < -0.4 is 4.90 Å². The third-order valence-electron chi connectivity index (χ3n) is 6.56. The lowest BCUT2D eigenvalue weighted by atomic mass is 9.86. The quantitative estimate of drug-likeness (QED) is 0.524. The molecule has 1 atom stereocenters. The van der Waals surface area contributed by atoms with Crippen molar-refractivity contribution in [2.75, 3.05) is 11.4 Å². The normalized spacial score (nSPS) is 18.6. The molecule has 2 aliphatic rings. The van der Waals surface area contributed by atoms with E-state index in [2.05, 4.69) is 60.2 Å². The molecule has 2 aromatic heterocycles. The van der Waals surface area contributed by atoms with Crippen LogP contribution in [0.25, 0.3) is 10.9 Å². The highest BCUT2D eigenvalue weighted by atomic mass is 35.5. The van der Waals surface area contributed by atoms with Crippen molar-refractivity contribution >= 4 is 29.1 Å². The molecule has 0 spiro atoms. The van der Waals surface area contributed by atoms with E-state index in [1.807, 2.05) is 12.3 Å². The SMILES string of the molecule is C=CCn1c(C)c(C)c2ccnc(N3Cc4ccccc4C(C4CC4)C3)c21.Cl. The smallest absolute Gasteiger partial charge is 0.153 e. The van der Waals surface area contributed by atoms with Crippen LogP contribution in [0.15, 0.2) is 49.2 Å². The summed E-state index contributed by atoms with van der Waals surface area (Å²) in [5.74, 6) is 2.61. The molecule has 5 rings (SSSR count). The first-order valence-electron chi connectivity index (χ1n) is 10.1. The van der Waals surface area contributed by atoms with Gasteiger partial charge in [-0.1, -0.05) is 30.3 Å². The van der Waals surface area contributed by atoms with Gasteiger partial charge < -0.3 is 9.47 Å². The van der Waals surface area contributed by atoms with Crippen molar-refractivity contribution in [2.24, 2.45) is 5.92 Å². The van der Waals surface area contributed by atoms with E-state index in [0.717, 1.165) is 31.4 Å². The van der Waals surface area contributed by atoms with E-state index < -0.39 is 0 Å². The molecule has 3 nitrogen and oxygen atoms in total. The van der Waals surface area contributed by atoms with E-state index in [0.29, 0.717) is 5.92 Å². The molecule has 1 aliphatic carbocycles. The Labute approximate surface area is 173 Å². The molecule has 0 saturated heterocycles. The van der Waals surface area contributed by atoms with Crippen LogP contribution in [-0.4, -0.2) is 16.1 Å². The van der Waals surface area contributed by atoms with E-state index in [-0.39, 0.29) is 12.4 Å². The maximum Gasteiger partial charge on any atom is 0.153 e. The van der Waals surface area contributed by atoms with Gasteiger partial charge in [0, 0.05) is 42.8 Å². The number of nitrogens with zero attached hydrogens (tertiary/aromatic N) is 3. The standard InChI is InChI=1S/C24H27N3.ClH/c1-4-13-27-17(3)16(2)20-11-12-25-24(23(20)27)26-14-19-7-5-6-8-21(19)22(15-26)18-9-10-18;/h4-8,11-12,18,22H,1,9-10,13-15H2,2-3H3;1H. The van der Waals surface area contributed by atoms with E-state index >= 15 is 0 Å². The molecule has 0 amide bonds. The average molecular weight is 394 g/mol. The number of hydrogen-bond acceptors (Lipinski definition) is 2. The summed E-state index contributed by atoms with van der Waals surface area (Å²) in [6.45, 7) is 11.3. The summed E-state index contributed by atoms with van der Waals surface area (Å²) in [5, 5.41) is 1.32. The summed E-state index contributed by atoms with van der Waals surface area (Å²) in [7, 11) is 0. The fourth-order valence-electron chi connectivity index (χ4n) is 4.87. The molecular weight excluding hydrogens is 366 g/mol. The average Bonchev–Trinajstić information content (AvgIpc) is 3.51. The van der Waals surface area contributed by atoms with Crippen molar-refractivity contribution in [3.8, 4) is 0 Å².